The van der Waals surface area contributed by atoms with Crippen LogP contribution in [0.1, 0.15) is 12.8 Å². The molecule has 1 saturated heterocycles. The molecule has 0 amide bonds. The van der Waals surface area contributed by atoms with Crippen LogP contribution in [0.5, 0.6) is 5.75 Å². The van der Waals surface area contributed by atoms with Crippen LogP contribution in [0, 0.1) is 5.82 Å². The number of furan rings is 1. The number of carboxylic acids is 1. The molecular weight excluding hydrogens is 507 g/mol. The smallest absolute Gasteiger partial charge is 0.303 e. The summed E-state index contributed by atoms with van der Waals surface area (Å²) < 4.78 is 27.1. The number of rotatable bonds is 11. The Balaban J connectivity index is 1.12. The third kappa shape index (κ3) is 6.20. The van der Waals surface area contributed by atoms with Crippen LogP contribution >= 0.6 is 0 Å². The molecule has 1 fully saturated rings. The molecule has 1 aliphatic rings. The summed E-state index contributed by atoms with van der Waals surface area (Å²) in [5, 5.41) is 13.1. The van der Waals surface area contributed by atoms with Gasteiger partial charge in [-0.05, 0) is 30.7 Å². The van der Waals surface area contributed by atoms with E-state index in [9.17, 15) is 9.18 Å². The largest absolute Gasteiger partial charge is 0.493 e. The van der Waals surface area contributed by atoms with Gasteiger partial charge in [0.2, 0.25) is 11.9 Å². The molecule has 4 aromatic rings. The average Bonchev–Trinajstić information content (AvgIpc) is 3.61. The highest BCUT2D eigenvalue weighted by atomic mass is 19.1. The van der Waals surface area contributed by atoms with E-state index in [1.165, 1.54) is 10.6 Å². The van der Waals surface area contributed by atoms with Gasteiger partial charge in [0.1, 0.15) is 17.3 Å². The van der Waals surface area contributed by atoms with Gasteiger partial charge in [0, 0.05) is 64.9 Å². The van der Waals surface area contributed by atoms with Crippen molar-refractivity contribution in [2.24, 2.45) is 0 Å². The molecule has 1 aromatic carbocycles. The number of carboxylic acid groups (broad SMARTS) is 1. The molecule has 12 nitrogen and oxygen atoms in total. The fourth-order valence-corrected chi connectivity index (χ4v) is 4.46. The zero-order chi connectivity index (χ0) is 27.4. The van der Waals surface area contributed by atoms with Gasteiger partial charge in [-0.1, -0.05) is 0 Å². The van der Waals surface area contributed by atoms with Crippen LogP contribution in [0.3, 0.4) is 0 Å². The number of benzene rings is 1. The highest BCUT2D eigenvalue weighted by molar-refractivity contribution is 5.66. The summed E-state index contributed by atoms with van der Waals surface area (Å²) in [6.07, 6.45) is 1.99. The van der Waals surface area contributed by atoms with Crippen molar-refractivity contribution in [3.8, 4) is 17.2 Å². The number of aliphatic carboxylic acids is 1. The maximum atomic E-state index is 14.8. The van der Waals surface area contributed by atoms with Crippen LogP contribution in [0.4, 0.5) is 22.0 Å². The predicted octanol–water partition coefficient (Wildman–Crippen LogP) is 2.61. The minimum atomic E-state index is -0.875. The fraction of sp³-hybridized carbons (Fsp3) is 0.385. The number of ether oxygens (including phenoxy) is 1. The van der Waals surface area contributed by atoms with Gasteiger partial charge < -0.3 is 29.8 Å². The molecule has 0 bridgehead atoms. The minimum Gasteiger partial charge on any atom is -0.493 e. The van der Waals surface area contributed by atoms with Gasteiger partial charge in [0.25, 0.3) is 0 Å². The second-order valence-corrected chi connectivity index (χ2v) is 9.37. The average molecular weight is 539 g/mol. The number of aromatic nitrogens is 4. The molecule has 39 heavy (non-hydrogen) atoms. The Morgan fingerprint density at radius 3 is 2.74 bits per heavy atom. The molecule has 5 rings (SSSR count). The zero-order valence-corrected chi connectivity index (χ0v) is 21.7. The molecule has 206 valence electrons. The number of anilines is 3. The SMILES string of the molecule is CN(CCN1CCN(c2ccc(OCCCC(=O)O)cc2F)CC1)c1nc(N)n2nc(-c3ccco3)cc2n1. The van der Waals surface area contributed by atoms with Gasteiger partial charge in [-0.15, -0.1) is 0 Å². The lowest BCUT2D eigenvalue weighted by atomic mass is 10.2. The Kier molecular flexibility index (Phi) is 7.77. The van der Waals surface area contributed by atoms with Crippen molar-refractivity contribution in [3.63, 3.8) is 0 Å². The number of nitrogen functional groups attached to an aromatic ring is 1. The van der Waals surface area contributed by atoms with Crippen LogP contribution in [-0.4, -0.2) is 88.5 Å². The Labute approximate surface area is 224 Å². The number of nitrogens with two attached hydrogens (primary N) is 1. The first kappa shape index (κ1) is 26.2. The van der Waals surface area contributed by atoms with Crippen molar-refractivity contribution in [1.29, 1.82) is 0 Å². The molecule has 0 aliphatic carbocycles. The Morgan fingerprint density at radius 2 is 2.03 bits per heavy atom. The van der Waals surface area contributed by atoms with Crippen molar-refractivity contribution in [1.82, 2.24) is 24.5 Å². The Bertz CT molecular complexity index is 1420. The summed E-state index contributed by atoms with van der Waals surface area (Å²) in [6, 6.07) is 10.2. The third-order valence-electron chi connectivity index (χ3n) is 6.64. The molecule has 0 spiro atoms. The van der Waals surface area contributed by atoms with Gasteiger partial charge in [-0.2, -0.15) is 19.6 Å². The highest BCUT2D eigenvalue weighted by Gasteiger charge is 2.21. The van der Waals surface area contributed by atoms with Gasteiger partial charge >= 0.3 is 5.97 Å². The van der Waals surface area contributed by atoms with Crippen molar-refractivity contribution in [2.45, 2.75) is 12.8 Å². The summed E-state index contributed by atoms with van der Waals surface area (Å²) in [5.41, 5.74) is 7.91. The molecule has 4 heterocycles. The molecule has 13 heteroatoms. The first-order valence-electron chi connectivity index (χ1n) is 12.8. The number of hydrogen-bond donors (Lipinski definition) is 2. The van der Waals surface area contributed by atoms with Crippen molar-refractivity contribution >= 4 is 29.2 Å². The number of piperazine rings is 1. The molecule has 3 aromatic heterocycles. The van der Waals surface area contributed by atoms with E-state index in [2.05, 4.69) is 20.0 Å². The monoisotopic (exact) mass is 538 g/mol. The quantitative estimate of drug-likeness (QED) is 0.273. The van der Waals surface area contributed by atoms with E-state index in [0.717, 1.165) is 19.6 Å². The first-order valence-corrected chi connectivity index (χ1v) is 12.8. The summed E-state index contributed by atoms with van der Waals surface area (Å²) in [6.45, 7) is 4.69. The predicted molar refractivity (Wildman–Crippen MR) is 144 cm³/mol. The molecule has 3 N–H and O–H groups in total. The number of hydrogen-bond acceptors (Lipinski definition) is 10. The molecule has 0 saturated carbocycles. The number of likely N-dealkylation sites (N-methyl/N-ethyl adjacent to an activating group) is 1. The van der Waals surface area contributed by atoms with E-state index in [0.29, 0.717) is 60.5 Å². The van der Waals surface area contributed by atoms with Crippen LogP contribution in [0.2, 0.25) is 0 Å². The van der Waals surface area contributed by atoms with E-state index < -0.39 is 5.97 Å². The maximum Gasteiger partial charge on any atom is 0.303 e. The second kappa shape index (κ2) is 11.6. The summed E-state index contributed by atoms with van der Waals surface area (Å²) in [5.74, 6) is 0.562. The number of carbonyl (C=O) groups is 1. The van der Waals surface area contributed by atoms with Gasteiger partial charge in [-0.3, -0.25) is 9.69 Å². The Hall–Kier alpha value is -4.39. The molecule has 0 unspecified atom stereocenters. The summed E-state index contributed by atoms with van der Waals surface area (Å²) >= 11 is 0. The topological polar surface area (TPSA) is 138 Å². The normalized spacial score (nSPS) is 14.2. The fourth-order valence-electron chi connectivity index (χ4n) is 4.46. The maximum absolute atomic E-state index is 14.8. The van der Waals surface area contributed by atoms with Gasteiger partial charge in [0.05, 0.1) is 18.6 Å². The molecule has 0 atom stereocenters. The molecule has 0 radical (unpaired) electrons. The van der Waals surface area contributed by atoms with Gasteiger partial charge in [0.15, 0.2) is 11.4 Å². The minimum absolute atomic E-state index is 0.0228. The van der Waals surface area contributed by atoms with Crippen LogP contribution in [0.15, 0.2) is 47.1 Å². The van der Waals surface area contributed by atoms with Crippen LogP contribution in [0.25, 0.3) is 17.1 Å². The molecular formula is C26H31FN8O4. The second-order valence-electron chi connectivity index (χ2n) is 9.37. The summed E-state index contributed by atoms with van der Waals surface area (Å²) in [4.78, 5) is 25.9. The van der Waals surface area contributed by atoms with Crippen LogP contribution < -0.4 is 20.3 Å². The third-order valence-corrected chi connectivity index (χ3v) is 6.64. The summed E-state index contributed by atoms with van der Waals surface area (Å²) in [7, 11) is 1.92. The lowest BCUT2D eigenvalue weighted by molar-refractivity contribution is -0.137. The molecule has 1 aliphatic heterocycles. The lowest BCUT2D eigenvalue weighted by Crippen LogP contribution is -2.48. The Morgan fingerprint density at radius 1 is 1.21 bits per heavy atom. The van der Waals surface area contributed by atoms with E-state index in [1.807, 2.05) is 29.0 Å². The zero-order valence-electron chi connectivity index (χ0n) is 21.7. The van der Waals surface area contributed by atoms with Gasteiger partial charge in [-0.25, -0.2) is 4.39 Å². The number of nitrogens with zero attached hydrogens (tertiary/aromatic N) is 7. The first-order chi connectivity index (χ1) is 18.9. The number of fused-ring (bicyclic) bond motifs is 1. The standard InChI is InChI=1S/C26H31FN8O4/c1-32(26-29-23-17-20(22-4-2-15-39-22)31-35(23)25(28)30-26)8-9-33-10-12-34(13-11-33)21-7-6-18(16-19(21)27)38-14-3-5-24(36)37/h2,4,6-7,15-17H,3,5,8-14H2,1H3,(H,36,37)(H2,28,29,30). The van der Waals surface area contributed by atoms with E-state index in [1.54, 1.807) is 24.5 Å². The van der Waals surface area contributed by atoms with Crippen molar-refractivity contribution < 1.29 is 23.4 Å². The van der Waals surface area contributed by atoms with Crippen molar-refractivity contribution in [2.75, 3.05) is 68.5 Å². The van der Waals surface area contributed by atoms with Crippen LogP contribution in [-0.2, 0) is 4.79 Å². The highest BCUT2D eigenvalue weighted by Crippen LogP contribution is 2.26. The lowest BCUT2D eigenvalue weighted by Gasteiger charge is -2.36. The van der Waals surface area contributed by atoms with Crippen molar-refractivity contribution in [3.05, 3.63) is 48.5 Å². The van der Waals surface area contributed by atoms with E-state index in [-0.39, 0.29) is 24.8 Å². The van der Waals surface area contributed by atoms with E-state index >= 15 is 0 Å². The number of halogens is 1. The van der Waals surface area contributed by atoms with E-state index in [4.69, 9.17) is 20.0 Å².